The van der Waals surface area contributed by atoms with E-state index < -0.39 is 0 Å². The molecule has 8 heteroatoms. The zero-order chi connectivity index (χ0) is 17.6. The lowest BCUT2D eigenvalue weighted by Gasteiger charge is -2.24. The molecule has 1 aliphatic heterocycles. The van der Waals surface area contributed by atoms with Crippen LogP contribution in [0.25, 0.3) is 0 Å². The second-order valence-corrected chi connectivity index (χ2v) is 6.70. The summed E-state index contributed by atoms with van der Waals surface area (Å²) in [6, 6.07) is 0. The molecular weight excluding hydrogens is 338 g/mol. The zero-order valence-corrected chi connectivity index (χ0v) is 15.7. The molecule has 0 bridgehead atoms. The first-order valence-electron chi connectivity index (χ1n) is 8.88. The molecule has 0 aliphatic carbocycles. The number of aryl methyl sites for hydroxylation is 1. The van der Waals surface area contributed by atoms with Gasteiger partial charge in [0.15, 0.2) is 11.0 Å². The minimum absolute atomic E-state index is 0.469. The van der Waals surface area contributed by atoms with Crippen LogP contribution in [0, 0.1) is 0 Å². The fourth-order valence-electron chi connectivity index (χ4n) is 3.25. The van der Waals surface area contributed by atoms with Gasteiger partial charge in [-0.3, -0.25) is 9.58 Å². The second-order valence-electron chi connectivity index (χ2n) is 6.34. The number of nitrogens with one attached hydrogen (secondary N) is 1. The monoisotopic (exact) mass is 363 g/mol. The summed E-state index contributed by atoms with van der Waals surface area (Å²) in [5.74, 6) is 0.889. The normalized spacial score (nSPS) is 16.0. The quantitative estimate of drug-likeness (QED) is 0.795. The Bertz CT molecular complexity index is 687. The van der Waals surface area contributed by atoms with Crippen LogP contribution in [0.1, 0.15) is 25.3 Å². The van der Waals surface area contributed by atoms with Crippen molar-refractivity contribution >= 4 is 23.1 Å². The fourth-order valence-corrected chi connectivity index (χ4v) is 3.47. The van der Waals surface area contributed by atoms with Crippen molar-refractivity contribution in [2.75, 3.05) is 43.4 Å². The molecule has 2 aromatic rings. The molecule has 2 aromatic heterocycles. The molecule has 0 atom stereocenters. The average molecular weight is 364 g/mol. The number of hydrogen-bond donors (Lipinski definition) is 1. The van der Waals surface area contributed by atoms with E-state index in [0.29, 0.717) is 5.15 Å². The van der Waals surface area contributed by atoms with E-state index in [1.807, 2.05) is 17.9 Å². The van der Waals surface area contributed by atoms with Crippen LogP contribution in [0.15, 0.2) is 18.7 Å². The summed E-state index contributed by atoms with van der Waals surface area (Å²) in [5, 5.41) is 8.02. The van der Waals surface area contributed by atoms with Crippen LogP contribution in [0.4, 0.5) is 11.5 Å². The van der Waals surface area contributed by atoms with Crippen LogP contribution in [-0.4, -0.2) is 57.9 Å². The minimum atomic E-state index is 0.469. The summed E-state index contributed by atoms with van der Waals surface area (Å²) in [4.78, 5) is 13.3. The van der Waals surface area contributed by atoms with Crippen LogP contribution in [0.3, 0.4) is 0 Å². The van der Waals surface area contributed by atoms with Crippen molar-refractivity contribution in [3.63, 3.8) is 0 Å². The van der Waals surface area contributed by atoms with Crippen molar-refractivity contribution in [1.29, 1.82) is 0 Å². The van der Waals surface area contributed by atoms with Gasteiger partial charge in [0.2, 0.25) is 0 Å². The molecule has 0 spiro atoms. The molecule has 0 aromatic carbocycles. The standard InChI is InChI=1S/C17H26ClN7/c1-3-5-25-12-14(10-22-25)11-23-6-4-7-24(9-8-23)17-15(19-2)16(18)20-13-21-17/h10,12-13,19H,3-9,11H2,1-2H3. The second kappa shape index (κ2) is 8.49. The Hall–Kier alpha value is -1.86. The maximum absolute atomic E-state index is 6.19. The van der Waals surface area contributed by atoms with Gasteiger partial charge in [0.1, 0.15) is 12.0 Å². The van der Waals surface area contributed by atoms with Crippen molar-refractivity contribution in [3.8, 4) is 0 Å². The summed E-state index contributed by atoms with van der Waals surface area (Å²) in [5.41, 5.74) is 2.08. The molecule has 1 saturated heterocycles. The molecule has 136 valence electrons. The van der Waals surface area contributed by atoms with Gasteiger partial charge in [-0.2, -0.15) is 5.10 Å². The van der Waals surface area contributed by atoms with E-state index in [4.69, 9.17) is 11.6 Å². The molecule has 0 unspecified atom stereocenters. The third-order valence-corrected chi connectivity index (χ3v) is 4.75. The molecule has 1 fully saturated rings. The van der Waals surface area contributed by atoms with Gasteiger partial charge in [0.05, 0.1) is 6.20 Å². The smallest absolute Gasteiger partial charge is 0.157 e. The van der Waals surface area contributed by atoms with Gasteiger partial charge >= 0.3 is 0 Å². The maximum atomic E-state index is 6.19. The SMILES string of the molecule is CCCn1cc(CN2CCCN(c3ncnc(Cl)c3NC)CC2)cn1. The largest absolute Gasteiger partial charge is 0.383 e. The van der Waals surface area contributed by atoms with Crippen LogP contribution in [0.2, 0.25) is 5.15 Å². The van der Waals surface area contributed by atoms with Gasteiger partial charge in [-0.1, -0.05) is 18.5 Å². The molecule has 25 heavy (non-hydrogen) atoms. The Morgan fingerprint density at radius 3 is 2.88 bits per heavy atom. The van der Waals surface area contributed by atoms with E-state index in [-0.39, 0.29) is 0 Å². The minimum Gasteiger partial charge on any atom is -0.383 e. The predicted octanol–water partition coefficient (Wildman–Crippen LogP) is 2.49. The average Bonchev–Trinajstić information content (AvgIpc) is 2.91. The van der Waals surface area contributed by atoms with E-state index in [0.717, 1.165) is 63.6 Å². The van der Waals surface area contributed by atoms with Crippen molar-refractivity contribution in [2.45, 2.75) is 32.9 Å². The highest BCUT2D eigenvalue weighted by molar-refractivity contribution is 6.32. The lowest BCUT2D eigenvalue weighted by atomic mass is 10.3. The van der Waals surface area contributed by atoms with E-state index in [9.17, 15) is 0 Å². The van der Waals surface area contributed by atoms with Gasteiger partial charge < -0.3 is 10.2 Å². The lowest BCUT2D eigenvalue weighted by molar-refractivity contribution is 0.285. The summed E-state index contributed by atoms with van der Waals surface area (Å²) in [6.07, 6.45) is 7.88. The van der Waals surface area contributed by atoms with E-state index in [1.54, 1.807) is 0 Å². The van der Waals surface area contributed by atoms with E-state index >= 15 is 0 Å². The van der Waals surface area contributed by atoms with Crippen LogP contribution in [0.5, 0.6) is 0 Å². The Kier molecular flexibility index (Phi) is 6.09. The molecule has 1 N–H and O–H groups in total. The van der Waals surface area contributed by atoms with E-state index in [2.05, 4.69) is 43.3 Å². The Morgan fingerprint density at radius 1 is 1.20 bits per heavy atom. The first-order chi connectivity index (χ1) is 12.2. The van der Waals surface area contributed by atoms with Gasteiger partial charge in [0.25, 0.3) is 0 Å². The highest BCUT2D eigenvalue weighted by atomic mass is 35.5. The molecule has 3 rings (SSSR count). The highest BCUT2D eigenvalue weighted by Crippen LogP contribution is 2.29. The first-order valence-corrected chi connectivity index (χ1v) is 9.26. The molecule has 0 amide bonds. The topological polar surface area (TPSA) is 62.1 Å². The number of nitrogens with zero attached hydrogens (tertiary/aromatic N) is 6. The number of hydrogen-bond acceptors (Lipinski definition) is 6. The Morgan fingerprint density at radius 2 is 2.08 bits per heavy atom. The van der Waals surface area contributed by atoms with Crippen molar-refractivity contribution < 1.29 is 0 Å². The molecule has 0 saturated carbocycles. The lowest BCUT2D eigenvalue weighted by Crippen LogP contribution is -2.31. The van der Waals surface area contributed by atoms with Gasteiger partial charge in [0, 0.05) is 58.1 Å². The van der Waals surface area contributed by atoms with Crippen molar-refractivity contribution in [2.24, 2.45) is 0 Å². The molecular formula is C17H26ClN7. The number of anilines is 2. The summed E-state index contributed by atoms with van der Waals surface area (Å²) in [7, 11) is 1.85. The van der Waals surface area contributed by atoms with Gasteiger partial charge in [-0.15, -0.1) is 0 Å². The number of halogens is 1. The van der Waals surface area contributed by atoms with E-state index in [1.165, 1.54) is 11.9 Å². The fraction of sp³-hybridized carbons (Fsp3) is 0.588. The zero-order valence-electron chi connectivity index (χ0n) is 15.0. The molecule has 7 nitrogen and oxygen atoms in total. The first kappa shape index (κ1) is 17.9. The van der Waals surface area contributed by atoms with Crippen LogP contribution < -0.4 is 10.2 Å². The summed E-state index contributed by atoms with van der Waals surface area (Å²) in [6.45, 7) is 8.05. The maximum Gasteiger partial charge on any atom is 0.157 e. The van der Waals surface area contributed by atoms with Crippen LogP contribution in [-0.2, 0) is 13.1 Å². The highest BCUT2D eigenvalue weighted by Gasteiger charge is 2.20. The summed E-state index contributed by atoms with van der Waals surface area (Å²) < 4.78 is 2.03. The van der Waals surface area contributed by atoms with Crippen molar-refractivity contribution in [3.05, 3.63) is 29.4 Å². The van der Waals surface area contributed by atoms with Gasteiger partial charge in [-0.05, 0) is 12.8 Å². The van der Waals surface area contributed by atoms with Crippen molar-refractivity contribution in [1.82, 2.24) is 24.6 Å². The molecule has 3 heterocycles. The van der Waals surface area contributed by atoms with Gasteiger partial charge in [-0.25, -0.2) is 9.97 Å². The Labute approximate surface area is 154 Å². The molecule has 0 radical (unpaired) electrons. The predicted molar refractivity (Wildman–Crippen MR) is 101 cm³/mol. The molecule has 1 aliphatic rings. The van der Waals surface area contributed by atoms with Crippen LogP contribution >= 0.6 is 11.6 Å². The summed E-state index contributed by atoms with van der Waals surface area (Å²) >= 11 is 6.19. The number of aromatic nitrogens is 4. The third-order valence-electron chi connectivity index (χ3n) is 4.46. The third kappa shape index (κ3) is 4.41. The number of rotatable bonds is 6. The Balaban J connectivity index is 1.63.